The van der Waals surface area contributed by atoms with Crippen LogP contribution in [0.15, 0.2) is 18.2 Å². The molecule has 0 radical (unpaired) electrons. The number of hydrogen-bond donors (Lipinski definition) is 2. The molecule has 0 spiro atoms. The summed E-state index contributed by atoms with van der Waals surface area (Å²) in [6.07, 6.45) is 4.72. The molecule has 2 rings (SSSR count). The van der Waals surface area contributed by atoms with Gasteiger partial charge < -0.3 is 15.8 Å². The molecule has 4 nitrogen and oxygen atoms in total. The monoisotopic (exact) mass is 262 g/mol. The van der Waals surface area contributed by atoms with Gasteiger partial charge in [0.1, 0.15) is 0 Å². The first-order valence-corrected chi connectivity index (χ1v) is 6.95. The summed E-state index contributed by atoms with van der Waals surface area (Å²) in [5, 5.41) is 3.53. The Bertz CT molecular complexity index is 462. The second-order valence-electron chi connectivity index (χ2n) is 5.13. The Morgan fingerprint density at radius 1 is 1.42 bits per heavy atom. The molecule has 1 aromatic carbocycles. The molecule has 0 atom stereocenters. The molecular weight excluding hydrogens is 240 g/mol. The van der Waals surface area contributed by atoms with Gasteiger partial charge in [-0.15, -0.1) is 0 Å². The van der Waals surface area contributed by atoms with Crippen LogP contribution < -0.4 is 11.1 Å². The molecule has 3 N–H and O–H groups in total. The van der Waals surface area contributed by atoms with Crippen LogP contribution in [-0.4, -0.2) is 18.1 Å². The fraction of sp³-hybridized carbons (Fsp3) is 0.533. The summed E-state index contributed by atoms with van der Waals surface area (Å²) in [6, 6.07) is 5.32. The lowest BCUT2D eigenvalue weighted by molar-refractivity contribution is 0.0526. The lowest BCUT2D eigenvalue weighted by Crippen LogP contribution is -2.44. The van der Waals surface area contributed by atoms with E-state index in [-0.39, 0.29) is 11.5 Å². The van der Waals surface area contributed by atoms with E-state index < -0.39 is 0 Å². The van der Waals surface area contributed by atoms with E-state index in [1.54, 1.807) is 19.1 Å². The first kappa shape index (κ1) is 13.7. The van der Waals surface area contributed by atoms with Gasteiger partial charge in [0.2, 0.25) is 0 Å². The second-order valence-corrected chi connectivity index (χ2v) is 5.13. The van der Waals surface area contributed by atoms with Crippen molar-refractivity contribution in [2.24, 2.45) is 0 Å². The molecule has 0 aliphatic heterocycles. The van der Waals surface area contributed by atoms with Gasteiger partial charge in [0, 0.05) is 5.54 Å². The highest BCUT2D eigenvalue weighted by Gasteiger charge is 2.35. The minimum Gasteiger partial charge on any atom is -0.462 e. The summed E-state index contributed by atoms with van der Waals surface area (Å²) in [7, 11) is 0. The van der Waals surface area contributed by atoms with E-state index in [0.717, 1.165) is 12.1 Å². The van der Waals surface area contributed by atoms with Crippen LogP contribution >= 0.6 is 0 Å². The van der Waals surface area contributed by atoms with Crippen molar-refractivity contribution in [3.05, 3.63) is 23.8 Å². The van der Waals surface area contributed by atoms with E-state index in [2.05, 4.69) is 12.2 Å². The van der Waals surface area contributed by atoms with Crippen molar-refractivity contribution in [3.63, 3.8) is 0 Å². The van der Waals surface area contributed by atoms with Crippen molar-refractivity contribution in [2.45, 2.75) is 45.1 Å². The number of nitrogen functional groups attached to an aromatic ring is 1. The van der Waals surface area contributed by atoms with Gasteiger partial charge in [0.05, 0.1) is 23.5 Å². The SMILES string of the molecule is CCOC(=O)c1ccc(NC2(CC)CCC2)c(N)c1. The van der Waals surface area contributed by atoms with Gasteiger partial charge in [0.15, 0.2) is 0 Å². The van der Waals surface area contributed by atoms with Crippen LogP contribution in [0.5, 0.6) is 0 Å². The smallest absolute Gasteiger partial charge is 0.338 e. The predicted molar refractivity (Wildman–Crippen MR) is 77.3 cm³/mol. The van der Waals surface area contributed by atoms with E-state index in [9.17, 15) is 4.79 Å². The lowest BCUT2D eigenvalue weighted by Gasteiger charge is -2.43. The van der Waals surface area contributed by atoms with Gasteiger partial charge in [0.25, 0.3) is 0 Å². The molecular formula is C15H22N2O2. The van der Waals surface area contributed by atoms with Crippen LogP contribution in [0.1, 0.15) is 49.9 Å². The van der Waals surface area contributed by atoms with E-state index >= 15 is 0 Å². The molecule has 1 aliphatic rings. The number of nitrogens with two attached hydrogens (primary N) is 1. The highest BCUT2D eigenvalue weighted by Crippen LogP contribution is 2.39. The Hall–Kier alpha value is -1.71. The Morgan fingerprint density at radius 2 is 2.16 bits per heavy atom. The van der Waals surface area contributed by atoms with Crippen molar-refractivity contribution < 1.29 is 9.53 Å². The normalized spacial score (nSPS) is 16.5. The van der Waals surface area contributed by atoms with Gasteiger partial charge in [-0.2, -0.15) is 0 Å². The van der Waals surface area contributed by atoms with Crippen LogP contribution in [0, 0.1) is 0 Å². The molecule has 0 unspecified atom stereocenters. The molecule has 4 heteroatoms. The Kier molecular flexibility index (Phi) is 3.98. The number of ether oxygens (including phenoxy) is 1. The fourth-order valence-corrected chi connectivity index (χ4v) is 2.47. The van der Waals surface area contributed by atoms with Gasteiger partial charge in [-0.3, -0.25) is 0 Å². The predicted octanol–water partition coefficient (Wildman–Crippen LogP) is 3.19. The third-order valence-corrected chi connectivity index (χ3v) is 3.95. The number of anilines is 2. The first-order chi connectivity index (χ1) is 9.10. The number of nitrogens with one attached hydrogen (secondary N) is 1. The average Bonchev–Trinajstić information content (AvgIpc) is 2.35. The van der Waals surface area contributed by atoms with Crippen LogP contribution in [0.3, 0.4) is 0 Å². The quantitative estimate of drug-likeness (QED) is 0.632. The summed E-state index contributed by atoms with van der Waals surface area (Å²) in [5.74, 6) is -0.324. The largest absolute Gasteiger partial charge is 0.462 e. The molecule has 104 valence electrons. The average molecular weight is 262 g/mol. The van der Waals surface area contributed by atoms with Gasteiger partial charge in [-0.05, 0) is 50.8 Å². The second kappa shape index (κ2) is 5.51. The Labute approximate surface area is 114 Å². The number of hydrogen-bond acceptors (Lipinski definition) is 4. The van der Waals surface area contributed by atoms with Crippen LogP contribution in [0.25, 0.3) is 0 Å². The molecule has 0 heterocycles. The molecule has 0 bridgehead atoms. The van der Waals surface area contributed by atoms with Crippen molar-refractivity contribution in [2.75, 3.05) is 17.7 Å². The zero-order valence-electron chi connectivity index (χ0n) is 11.7. The number of esters is 1. The van der Waals surface area contributed by atoms with E-state index in [1.807, 2.05) is 6.07 Å². The third-order valence-electron chi connectivity index (χ3n) is 3.95. The van der Waals surface area contributed by atoms with E-state index in [0.29, 0.717) is 17.9 Å². The molecule has 0 amide bonds. The zero-order chi connectivity index (χ0) is 13.9. The van der Waals surface area contributed by atoms with E-state index in [4.69, 9.17) is 10.5 Å². The maximum absolute atomic E-state index is 11.6. The highest BCUT2D eigenvalue weighted by atomic mass is 16.5. The molecule has 19 heavy (non-hydrogen) atoms. The fourth-order valence-electron chi connectivity index (χ4n) is 2.47. The van der Waals surface area contributed by atoms with Crippen LogP contribution in [-0.2, 0) is 4.74 Å². The summed E-state index contributed by atoms with van der Waals surface area (Å²) >= 11 is 0. The zero-order valence-corrected chi connectivity index (χ0v) is 11.7. The van der Waals surface area contributed by atoms with E-state index in [1.165, 1.54) is 19.3 Å². The molecule has 1 fully saturated rings. The van der Waals surface area contributed by atoms with Crippen molar-refractivity contribution >= 4 is 17.3 Å². The number of carbonyl (C=O) groups is 1. The number of carbonyl (C=O) groups excluding carboxylic acids is 1. The maximum atomic E-state index is 11.6. The van der Waals surface area contributed by atoms with Crippen LogP contribution in [0.2, 0.25) is 0 Å². The minimum atomic E-state index is -0.324. The van der Waals surface area contributed by atoms with Gasteiger partial charge in [-0.1, -0.05) is 6.92 Å². The Balaban J connectivity index is 2.13. The molecule has 0 aromatic heterocycles. The van der Waals surface area contributed by atoms with Crippen molar-refractivity contribution in [1.82, 2.24) is 0 Å². The standard InChI is InChI=1S/C15H22N2O2/c1-3-15(8-5-9-15)17-13-7-6-11(10-12(13)16)14(18)19-4-2/h6-7,10,17H,3-5,8-9,16H2,1-2H3. The van der Waals surface area contributed by atoms with Gasteiger partial charge >= 0.3 is 5.97 Å². The number of benzene rings is 1. The summed E-state index contributed by atoms with van der Waals surface area (Å²) in [5.41, 5.74) is 8.24. The van der Waals surface area contributed by atoms with Crippen LogP contribution in [0.4, 0.5) is 11.4 Å². The Morgan fingerprint density at radius 3 is 2.63 bits per heavy atom. The lowest BCUT2D eigenvalue weighted by atomic mass is 9.74. The number of rotatable bonds is 5. The maximum Gasteiger partial charge on any atom is 0.338 e. The molecule has 1 aliphatic carbocycles. The molecule has 1 aromatic rings. The highest BCUT2D eigenvalue weighted by molar-refractivity contribution is 5.92. The summed E-state index contributed by atoms with van der Waals surface area (Å²) < 4.78 is 4.96. The van der Waals surface area contributed by atoms with Crippen molar-refractivity contribution in [1.29, 1.82) is 0 Å². The molecule has 0 saturated heterocycles. The summed E-state index contributed by atoms with van der Waals surface area (Å²) in [6.45, 7) is 4.35. The molecule has 1 saturated carbocycles. The first-order valence-electron chi connectivity index (χ1n) is 6.95. The summed E-state index contributed by atoms with van der Waals surface area (Å²) in [4.78, 5) is 11.6. The minimum absolute atomic E-state index is 0.194. The third kappa shape index (κ3) is 2.83. The van der Waals surface area contributed by atoms with Crippen molar-refractivity contribution in [3.8, 4) is 0 Å². The van der Waals surface area contributed by atoms with Gasteiger partial charge in [-0.25, -0.2) is 4.79 Å². The topological polar surface area (TPSA) is 64.3 Å².